The van der Waals surface area contributed by atoms with Crippen LogP contribution in [-0.2, 0) is 4.79 Å². The van der Waals surface area contributed by atoms with Crippen LogP contribution in [0.2, 0.25) is 5.02 Å². The van der Waals surface area contributed by atoms with Gasteiger partial charge in [0.25, 0.3) is 0 Å². The Labute approximate surface area is 151 Å². The third kappa shape index (κ3) is 4.09. The second-order valence-corrected chi connectivity index (χ2v) is 6.32. The number of carbonyl (C=O) groups excluding carboxylic acids is 1. The zero-order valence-corrected chi connectivity index (χ0v) is 14.5. The van der Waals surface area contributed by atoms with Gasteiger partial charge < -0.3 is 9.88 Å². The predicted octanol–water partition coefficient (Wildman–Crippen LogP) is 5.21. The van der Waals surface area contributed by atoms with Gasteiger partial charge in [0.05, 0.1) is 18.2 Å². The maximum absolute atomic E-state index is 13.9. The number of nitrogens with zero attached hydrogens (tertiary/aromatic N) is 1. The van der Waals surface area contributed by atoms with Gasteiger partial charge in [-0.05, 0) is 48.4 Å². The van der Waals surface area contributed by atoms with Crippen molar-refractivity contribution in [3.8, 4) is 0 Å². The summed E-state index contributed by atoms with van der Waals surface area (Å²) in [7, 11) is 0. The molecule has 0 bridgehead atoms. The van der Waals surface area contributed by atoms with E-state index in [9.17, 15) is 9.18 Å². The summed E-state index contributed by atoms with van der Waals surface area (Å²) in [5.74, 6) is -0.808. The number of carbonyl (C=O) groups is 1. The quantitative estimate of drug-likeness (QED) is 0.669. The Morgan fingerprint density at radius 3 is 2.56 bits per heavy atom. The zero-order chi connectivity index (χ0) is 17.8. The van der Waals surface area contributed by atoms with Crippen LogP contribution < -0.4 is 5.32 Å². The fraction of sp³-hybridized carbons (Fsp3) is 0.150. The van der Waals surface area contributed by atoms with Gasteiger partial charge in [-0.2, -0.15) is 0 Å². The molecule has 1 N–H and O–H groups in total. The van der Waals surface area contributed by atoms with E-state index in [2.05, 4.69) is 5.32 Å². The molecule has 3 rings (SSSR count). The molecule has 3 aromatic rings. The van der Waals surface area contributed by atoms with Crippen molar-refractivity contribution in [2.24, 2.45) is 0 Å². The lowest BCUT2D eigenvalue weighted by atomic mass is 9.98. The summed E-state index contributed by atoms with van der Waals surface area (Å²) in [6.45, 7) is 2.02. The van der Waals surface area contributed by atoms with Crippen LogP contribution in [0, 0.1) is 12.7 Å². The summed E-state index contributed by atoms with van der Waals surface area (Å²) in [5.41, 5.74) is 2.29. The largest absolute Gasteiger partial charge is 0.346 e. The number of anilines is 1. The molecule has 0 saturated heterocycles. The Hall–Kier alpha value is -2.59. The molecular formula is C20H18ClFN2O. The molecule has 2 aromatic carbocycles. The van der Waals surface area contributed by atoms with Crippen LogP contribution in [-0.4, -0.2) is 10.5 Å². The molecule has 5 heteroatoms. The highest BCUT2D eigenvalue weighted by Crippen LogP contribution is 2.26. The van der Waals surface area contributed by atoms with Crippen LogP contribution in [0.4, 0.5) is 10.1 Å². The van der Waals surface area contributed by atoms with Crippen LogP contribution in [0.1, 0.15) is 23.6 Å². The molecule has 0 saturated carbocycles. The van der Waals surface area contributed by atoms with Crippen LogP contribution in [0.3, 0.4) is 0 Å². The fourth-order valence-corrected chi connectivity index (χ4v) is 3.02. The van der Waals surface area contributed by atoms with Gasteiger partial charge in [0, 0.05) is 17.4 Å². The summed E-state index contributed by atoms with van der Waals surface area (Å²) in [4.78, 5) is 12.5. The van der Waals surface area contributed by atoms with Gasteiger partial charge in [0.2, 0.25) is 5.91 Å². The van der Waals surface area contributed by atoms with Gasteiger partial charge in [-0.15, -0.1) is 0 Å². The Morgan fingerprint density at radius 2 is 1.88 bits per heavy atom. The van der Waals surface area contributed by atoms with Crippen molar-refractivity contribution in [1.82, 2.24) is 4.57 Å². The highest BCUT2D eigenvalue weighted by atomic mass is 35.5. The van der Waals surface area contributed by atoms with Crippen LogP contribution >= 0.6 is 11.6 Å². The molecule has 0 fully saturated rings. The maximum atomic E-state index is 13.9. The van der Waals surface area contributed by atoms with E-state index in [1.54, 1.807) is 6.07 Å². The lowest BCUT2D eigenvalue weighted by Crippen LogP contribution is -2.20. The maximum Gasteiger partial charge on any atom is 0.226 e. The molecule has 3 nitrogen and oxygen atoms in total. The minimum atomic E-state index is -0.547. The summed E-state index contributed by atoms with van der Waals surface area (Å²) < 4.78 is 15.9. The van der Waals surface area contributed by atoms with Crippen LogP contribution in [0.25, 0.3) is 0 Å². The highest BCUT2D eigenvalue weighted by Gasteiger charge is 2.19. The normalized spacial score (nSPS) is 12.0. The minimum absolute atomic E-state index is 0.130. The first kappa shape index (κ1) is 17.2. The van der Waals surface area contributed by atoms with Crippen molar-refractivity contribution in [1.29, 1.82) is 0 Å². The molecule has 1 amide bonds. The number of hydrogen-bond donors (Lipinski definition) is 1. The van der Waals surface area contributed by atoms with Gasteiger partial charge >= 0.3 is 0 Å². The molecule has 0 aliphatic carbocycles. The van der Waals surface area contributed by atoms with E-state index in [0.717, 1.165) is 11.1 Å². The second-order valence-electron chi connectivity index (χ2n) is 5.88. The number of nitrogens with one attached hydrogen (secondary N) is 1. The SMILES string of the molecule is Cc1ccccc1[C@@H](CC(=O)Nc1ccc(Cl)cc1F)n1cccc1. The van der Waals surface area contributed by atoms with Crippen molar-refractivity contribution in [2.75, 3.05) is 5.32 Å². The third-order valence-corrected chi connectivity index (χ3v) is 4.35. The summed E-state index contributed by atoms with van der Waals surface area (Å²) in [6.07, 6.45) is 4.04. The van der Waals surface area contributed by atoms with E-state index < -0.39 is 5.82 Å². The van der Waals surface area contributed by atoms with E-state index in [0.29, 0.717) is 5.02 Å². The van der Waals surface area contributed by atoms with E-state index in [4.69, 9.17) is 11.6 Å². The average Bonchev–Trinajstić information content (AvgIpc) is 3.10. The summed E-state index contributed by atoms with van der Waals surface area (Å²) in [5, 5.41) is 2.93. The van der Waals surface area contributed by atoms with Crippen molar-refractivity contribution in [2.45, 2.75) is 19.4 Å². The van der Waals surface area contributed by atoms with Crippen molar-refractivity contribution in [3.05, 3.63) is 89.0 Å². The first-order valence-electron chi connectivity index (χ1n) is 7.97. The summed E-state index contributed by atoms with van der Waals surface area (Å²) >= 11 is 5.75. The number of amides is 1. The summed E-state index contributed by atoms with van der Waals surface area (Å²) in [6, 6.07) is 15.8. The Balaban J connectivity index is 1.83. The van der Waals surface area contributed by atoms with Crippen molar-refractivity contribution in [3.63, 3.8) is 0 Å². The van der Waals surface area contributed by atoms with E-state index in [1.165, 1.54) is 12.1 Å². The Morgan fingerprint density at radius 1 is 1.16 bits per heavy atom. The molecule has 0 aliphatic rings. The number of halogens is 2. The molecule has 1 heterocycles. The van der Waals surface area contributed by atoms with Crippen molar-refractivity contribution >= 4 is 23.2 Å². The van der Waals surface area contributed by atoms with Gasteiger partial charge in [-0.1, -0.05) is 35.9 Å². The van der Waals surface area contributed by atoms with Gasteiger partial charge in [0.15, 0.2) is 0 Å². The first-order chi connectivity index (χ1) is 12.0. The van der Waals surface area contributed by atoms with E-state index >= 15 is 0 Å². The van der Waals surface area contributed by atoms with Gasteiger partial charge in [0.1, 0.15) is 5.82 Å². The van der Waals surface area contributed by atoms with Crippen molar-refractivity contribution < 1.29 is 9.18 Å². The minimum Gasteiger partial charge on any atom is -0.346 e. The lowest BCUT2D eigenvalue weighted by molar-refractivity contribution is -0.116. The van der Waals surface area contributed by atoms with E-state index in [-0.39, 0.29) is 24.1 Å². The lowest BCUT2D eigenvalue weighted by Gasteiger charge is -2.21. The topological polar surface area (TPSA) is 34.0 Å². The zero-order valence-electron chi connectivity index (χ0n) is 13.7. The third-order valence-electron chi connectivity index (χ3n) is 4.12. The fourth-order valence-electron chi connectivity index (χ4n) is 2.86. The number of rotatable bonds is 5. The highest BCUT2D eigenvalue weighted by molar-refractivity contribution is 6.30. The number of aromatic nitrogens is 1. The molecule has 0 unspecified atom stereocenters. The molecule has 25 heavy (non-hydrogen) atoms. The Kier molecular flexibility index (Phi) is 5.19. The predicted molar refractivity (Wildman–Crippen MR) is 98.4 cm³/mol. The first-order valence-corrected chi connectivity index (χ1v) is 8.35. The molecule has 128 valence electrons. The monoisotopic (exact) mass is 356 g/mol. The standard InChI is InChI=1S/C20H18ClFN2O/c1-14-6-2-3-7-16(14)19(24-10-4-5-11-24)13-20(25)23-18-9-8-15(21)12-17(18)22/h2-12,19H,13H2,1H3,(H,23,25)/t19-/m1/s1. The van der Waals surface area contributed by atoms with Crippen LogP contribution in [0.5, 0.6) is 0 Å². The molecule has 0 radical (unpaired) electrons. The number of aryl methyl sites for hydroxylation is 1. The van der Waals surface area contributed by atoms with E-state index in [1.807, 2.05) is 60.3 Å². The molecule has 0 spiro atoms. The smallest absolute Gasteiger partial charge is 0.226 e. The van der Waals surface area contributed by atoms with Crippen LogP contribution in [0.15, 0.2) is 67.0 Å². The number of hydrogen-bond acceptors (Lipinski definition) is 1. The van der Waals surface area contributed by atoms with Gasteiger partial charge in [-0.3, -0.25) is 4.79 Å². The number of benzene rings is 2. The second kappa shape index (κ2) is 7.53. The average molecular weight is 357 g/mol. The molecule has 1 atom stereocenters. The molecular weight excluding hydrogens is 339 g/mol. The molecule has 0 aliphatic heterocycles. The molecule has 1 aromatic heterocycles. The Bertz CT molecular complexity index is 877. The van der Waals surface area contributed by atoms with Gasteiger partial charge in [-0.25, -0.2) is 4.39 Å².